The predicted molar refractivity (Wildman–Crippen MR) is 84.7 cm³/mol. The molecule has 24 heavy (non-hydrogen) atoms. The van der Waals surface area contributed by atoms with E-state index in [9.17, 15) is 13.2 Å². The maximum Gasteiger partial charge on any atom is 0.318 e. The molecule has 3 rings (SSSR count). The third kappa shape index (κ3) is 3.70. The van der Waals surface area contributed by atoms with E-state index in [-0.39, 0.29) is 36.5 Å². The minimum absolute atomic E-state index is 0.0124. The van der Waals surface area contributed by atoms with Crippen LogP contribution in [0.5, 0.6) is 0 Å². The third-order valence-corrected chi connectivity index (χ3v) is 5.33. The van der Waals surface area contributed by atoms with Crippen LogP contribution < -0.4 is 5.32 Å². The molecule has 1 aliphatic heterocycles. The summed E-state index contributed by atoms with van der Waals surface area (Å²) >= 11 is 0. The zero-order valence-electron chi connectivity index (χ0n) is 13.0. The second kappa shape index (κ2) is 6.56. The molecule has 1 N–H and O–H groups in total. The van der Waals surface area contributed by atoms with Gasteiger partial charge in [-0.15, -0.1) is 0 Å². The summed E-state index contributed by atoms with van der Waals surface area (Å²) < 4.78 is 28.0. The highest BCUT2D eigenvalue weighted by molar-refractivity contribution is 7.91. The highest BCUT2D eigenvalue weighted by Gasteiger charge is 2.27. The van der Waals surface area contributed by atoms with E-state index < -0.39 is 15.9 Å². The fraction of sp³-hybridized carbons (Fsp3) is 0.429. The van der Waals surface area contributed by atoms with E-state index in [0.29, 0.717) is 5.82 Å². The molecular formula is C14H17N5O4S. The first-order valence-corrected chi connectivity index (χ1v) is 9.26. The molecule has 1 atom stereocenters. The van der Waals surface area contributed by atoms with Crippen molar-refractivity contribution in [1.29, 1.82) is 0 Å². The summed E-state index contributed by atoms with van der Waals surface area (Å²) in [5, 5.41) is 6.63. The van der Waals surface area contributed by atoms with Crippen molar-refractivity contribution < 1.29 is 17.7 Å². The van der Waals surface area contributed by atoms with Gasteiger partial charge in [0.25, 0.3) is 0 Å². The molecule has 1 fully saturated rings. The molecule has 0 spiro atoms. The fourth-order valence-electron chi connectivity index (χ4n) is 2.28. The second-order valence-electron chi connectivity index (χ2n) is 5.50. The number of carbonyl (C=O) groups is 1. The average Bonchev–Trinajstić information content (AvgIpc) is 3.05. The van der Waals surface area contributed by atoms with Gasteiger partial charge in [-0.05, 0) is 19.1 Å². The van der Waals surface area contributed by atoms with E-state index in [2.05, 4.69) is 20.4 Å². The number of hydrogen-bond donors (Lipinski definition) is 1. The Kier molecular flexibility index (Phi) is 4.47. The van der Waals surface area contributed by atoms with Crippen LogP contribution in [-0.4, -0.2) is 59.1 Å². The van der Waals surface area contributed by atoms with Crippen molar-refractivity contribution in [3.63, 3.8) is 0 Å². The summed E-state index contributed by atoms with van der Waals surface area (Å²) in [6.45, 7) is 2.10. The standard InChI is InChI=1S/C14H17N5O4S/c1-10(16-14(20)19-6-8-24(21,22)9-7-19)13-17-12(18-23-13)11-2-4-15-5-3-11/h2-5,10H,6-9H2,1H3,(H,16,20)/t10-/m0/s1. The van der Waals surface area contributed by atoms with Crippen LogP contribution in [0.2, 0.25) is 0 Å². The predicted octanol–water partition coefficient (Wildman–Crippen LogP) is 0.633. The van der Waals surface area contributed by atoms with Gasteiger partial charge < -0.3 is 14.7 Å². The summed E-state index contributed by atoms with van der Waals surface area (Å²) in [6, 6.07) is 2.68. The second-order valence-corrected chi connectivity index (χ2v) is 7.81. The van der Waals surface area contributed by atoms with Crippen molar-refractivity contribution in [3.8, 4) is 11.4 Å². The van der Waals surface area contributed by atoms with Gasteiger partial charge in [0.2, 0.25) is 11.7 Å². The Morgan fingerprint density at radius 3 is 2.62 bits per heavy atom. The van der Waals surface area contributed by atoms with Gasteiger partial charge in [-0.2, -0.15) is 4.98 Å². The summed E-state index contributed by atoms with van der Waals surface area (Å²) in [6.07, 6.45) is 3.25. The first-order chi connectivity index (χ1) is 11.4. The van der Waals surface area contributed by atoms with E-state index in [1.54, 1.807) is 31.5 Å². The average molecular weight is 351 g/mol. The van der Waals surface area contributed by atoms with Gasteiger partial charge in [-0.1, -0.05) is 5.16 Å². The lowest BCUT2D eigenvalue weighted by Crippen LogP contribution is -2.48. The molecule has 0 saturated carbocycles. The van der Waals surface area contributed by atoms with Crippen LogP contribution in [0.3, 0.4) is 0 Å². The Bertz CT molecular complexity index is 807. The Balaban J connectivity index is 1.62. The van der Waals surface area contributed by atoms with Crippen molar-refractivity contribution in [2.45, 2.75) is 13.0 Å². The number of nitrogens with one attached hydrogen (secondary N) is 1. The van der Waals surface area contributed by atoms with Gasteiger partial charge in [-0.3, -0.25) is 4.98 Å². The van der Waals surface area contributed by atoms with Crippen molar-refractivity contribution in [2.75, 3.05) is 24.6 Å². The number of sulfone groups is 1. The molecule has 128 valence electrons. The highest BCUT2D eigenvalue weighted by atomic mass is 32.2. The number of urea groups is 1. The normalized spacial score (nSPS) is 18.1. The maximum atomic E-state index is 12.2. The number of amides is 2. The molecule has 9 nitrogen and oxygen atoms in total. The van der Waals surface area contributed by atoms with Crippen LogP contribution in [0.25, 0.3) is 11.4 Å². The van der Waals surface area contributed by atoms with Gasteiger partial charge in [-0.25, -0.2) is 13.2 Å². The molecule has 2 aromatic rings. The van der Waals surface area contributed by atoms with Crippen LogP contribution in [0, 0.1) is 0 Å². The Morgan fingerprint density at radius 2 is 1.96 bits per heavy atom. The summed E-state index contributed by atoms with van der Waals surface area (Å²) in [5.41, 5.74) is 0.764. The molecular weight excluding hydrogens is 334 g/mol. The smallest absolute Gasteiger partial charge is 0.318 e. The monoisotopic (exact) mass is 351 g/mol. The third-order valence-electron chi connectivity index (χ3n) is 3.72. The number of aromatic nitrogens is 3. The van der Waals surface area contributed by atoms with Gasteiger partial charge in [0.15, 0.2) is 9.84 Å². The van der Waals surface area contributed by atoms with E-state index >= 15 is 0 Å². The lowest BCUT2D eigenvalue weighted by atomic mass is 10.2. The minimum Gasteiger partial charge on any atom is -0.337 e. The van der Waals surface area contributed by atoms with Crippen LogP contribution in [0.15, 0.2) is 29.0 Å². The largest absolute Gasteiger partial charge is 0.337 e. The minimum atomic E-state index is -3.02. The molecule has 10 heteroatoms. The molecule has 3 heterocycles. The molecule has 1 aliphatic rings. The fourth-order valence-corrected chi connectivity index (χ4v) is 3.48. The number of rotatable bonds is 3. The zero-order valence-corrected chi connectivity index (χ0v) is 13.9. The van der Waals surface area contributed by atoms with Crippen LogP contribution in [0.4, 0.5) is 4.79 Å². The van der Waals surface area contributed by atoms with E-state index in [0.717, 1.165) is 5.56 Å². The first kappa shape index (κ1) is 16.4. The highest BCUT2D eigenvalue weighted by Crippen LogP contribution is 2.18. The molecule has 2 aromatic heterocycles. The lowest BCUT2D eigenvalue weighted by Gasteiger charge is -2.27. The Hall–Kier alpha value is -2.49. The van der Waals surface area contributed by atoms with Crippen molar-refractivity contribution in [1.82, 2.24) is 25.3 Å². The van der Waals surface area contributed by atoms with Gasteiger partial charge in [0.05, 0.1) is 11.5 Å². The molecule has 0 bridgehead atoms. The number of hydrogen-bond acceptors (Lipinski definition) is 7. The number of pyridine rings is 1. The van der Waals surface area contributed by atoms with Crippen LogP contribution >= 0.6 is 0 Å². The van der Waals surface area contributed by atoms with Crippen LogP contribution in [0.1, 0.15) is 18.9 Å². The van der Waals surface area contributed by atoms with Gasteiger partial charge >= 0.3 is 6.03 Å². The summed E-state index contributed by atoms with van der Waals surface area (Å²) in [7, 11) is -3.02. The Labute approximate surface area is 139 Å². The Morgan fingerprint density at radius 1 is 1.29 bits per heavy atom. The molecule has 1 saturated heterocycles. The summed E-state index contributed by atoms with van der Waals surface area (Å²) in [4.78, 5) is 21.9. The molecule has 0 radical (unpaired) electrons. The van der Waals surface area contributed by atoms with Crippen molar-refractivity contribution >= 4 is 15.9 Å². The maximum absolute atomic E-state index is 12.2. The van der Waals surface area contributed by atoms with Crippen molar-refractivity contribution in [2.24, 2.45) is 0 Å². The van der Waals surface area contributed by atoms with Crippen molar-refractivity contribution in [3.05, 3.63) is 30.4 Å². The van der Waals surface area contributed by atoms with Gasteiger partial charge in [0, 0.05) is 31.0 Å². The molecule has 0 aromatic carbocycles. The topological polar surface area (TPSA) is 118 Å². The zero-order chi connectivity index (χ0) is 17.2. The van der Waals surface area contributed by atoms with E-state index in [1.807, 2.05) is 0 Å². The van der Waals surface area contributed by atoms with E-state index in [4.69, 9.17) is 4.52 Å². The first-order valence-electron chi connectivity index (χ1n) is 7.44. The van der Waals surface area contributed by atoms with E-state index in [1.165, 1.54) is 4.90 Å². The molecule has 0 unspecified atom stereocenters. The summed E-state index contributed by atoms with van der Waals surface area (Å²) in [5.74, 6) is 0.667. The molecule has 0 aliphatic carbocycles. The van der Waals surface area contributed by atoms with Crippen LogP contribution in [-0.2, 0) is 9.84 Å². The quantitative estimate of drug-likeness (QED) is 0.861. The lowest BCUT2D eigenvalue weighted by molar-refractivity contribution is 0.196. The van der Waals surface area contributed by atoms with Gasteiger partial charge in [0.1, 0.15) is 6.04 Å². The molecule has 2 amide bonds. The number of carbonyl (C=O) groups excluding carboxylic acids is 1. The number of nitrogens with zero attached hydrogens (tertiary/aromatic N) is 4. The SMILES string of the molecule is C[C@H](NC(=O)N1CCS(=O)(=O)CC1)c1nc(-c2ccncc2)no1.